The molecule has 3 unspecified atom stereocenters. The van der Waals surface area contributed by atoms with Gasteiger partial charge in [0.2, 0.25) is 0 Å². The molecule has 0 aliphatic carbocycles. The Bertz CT molecular complexity index is 1700. The van der Waals surface area contributed by atoms with Gasteiger partial charge in [0, 0.05) is 25.7 Å². The number of carbonyl (C=O) groups excluding carboxylic acids is 4. The fourth-order valence-corrected chi connectivity index (χ4v) is 11.4. The highest BCUT2D eigenvalue weighted by Gasteiger charge is 2.30. The number of hydrogen-bond donors (Lipinski definition) is 3. The molecule has 0 amide bonds. The zero-order valence-electron chi connectivity index (χ0n) is 55.2. The van der Waals surface area contributed by atoms with Crippen LogP contribution in [0.4, 0.5) is 0 Å². The highest BCUT2D eigenvalue weighted by molar-refractivity contribution is 7.47. The van der Waals surface area contributed by atoms with E-state index in [9.17, 15) is 43.2 Å². The molecular formula is C66H128O17P2. The molecule has 85 heavy (non-hydrogen) atoms. The number of unbranched alkanes of at least 4 members (excludes halogenated alkanes) is 29. The van der Waals surface area contributed by atoms with Gasteiger partial charge in [-0.15, -0.1) is 0 Å². The first kappa shape index (κ1) is 83.1. The molecule has 17 nitrogen and oxygen atoms in total. The van der Waals surface area contributed by atoms with Crippen molar-refractivity contribution in [3.63, 3.8) is 0 Å². The van der Waals surface area contributed by atoms with Crippen LogP contribution in [-0.2, 0) is 65.4 Å². The number of aliphatic hydroxyl groups is 1. The van der Waals surface area contributed by atoms with E-state index in [1.165, 1.54) is 122 Å². The van der Waals surface area contributed by atoms with Gasteiger partial charge in [0.25, 0.3) is 0 Å². The fourth-order valence-electron chi connectivity index (χ4n) is 9.78. The van der Waals surface area contributed by atoms with Gasteiger partial charge in [0.05, 0.1) is 26.4 Å². The van der Waals surface area contributed by atoms with Gasteiger partial charge in [0.1, 0.15) is 19.3 Å². The second-order valence-corrected chi connectivity index (χ2v) is 28.7. The molecule has 0 bridgehead atoms. The van der Waals surface area contributed by atoms with Gasteiger partial charge >= 0.3 is 39.5 Å². The molecule has 0 aromatic carbocycles. The Morgan fingerprint density at radius 3 is 0.729 bits per heavy atom. The minimum absolute atomic E-state index is 0.103. The normalized spacial score (nSPS) is 14.4. The second kappa shape index (κ2) is 56.1. The van der Waals surface area contributed by atoms with E-state index in [4.69, 9.17) is 37.0 Å². The summed E-state index contributed by atoms with van der Waals surface area (Å²) in [6, 6.07) is 0. The van der Waals surface area contributed by atoms with Gasteiger partial charge in [-0.25, -0.2) is 9.13 Å². The zero-order valence-corrected chi connectivity index (χ0v) is 57.0. The average Bonchev–Trinajstić information content (AvgIpc) is 3.45. The molecule has 3 N–H and O–H groups in total. The molecule has 19 heteroatoms. The molecule has 0 rings (SSSR count). The zero-order chi connectivity index (χ0) is 63.2. The van der Waals surface area contributed by atoms with E-state index in [1.54, 1.807) is 0 Å². The highest BCUT2D eigenvalue weighted by Crippen LogP contribution is 2.45. The highest BCUT2D eigenvalue weighted by atomic mass is 31.2. The lowest BCUT2D eigenvalue weighted by atomic mass is 10.0. The second-order valence-electron chi connectivity index (χ2n) is 25.8. The third-order valence-electron chi connectivity index (χ3n) is 15.1. The van der Waals surface area contributed by atoms with E-state index in [-0.39, 0.29) is 25.7 Å². The quantitative estimate of drug-likeness (QED) is 0.0222. The molecule has 0 aliphatic heterocycles. The maximum absolute atomic E-state index is 13.0. The lowest BCUT2D eigenvalue weighted by Crippen LogP contribution is -2.30. The number of phosphoric ester groups is 2. The van der Waals surface area contributed by atoms with Crippen molar-refractivity contribution in [3.8, 4) is 0 Å². The average molecular weight is 1260 g/mol. The Morgan fingerprint density at radius 1 is 0.294 bits per heavy atom. The van der Waals surface area contributed by atoms with Crippen molar-refractivity contribution >= 4 is 39.5 Å². The van der Waals surface area contributed by atoms with Crippen LogP contribution in [0.1, 0.15) is 319 Å². The number of aliphatic hydroxyl groups excluding tert-OH is 1. The van der Waals surface area contributed by atoms with Crippen molar-refractivity contribution in [1.82, 2.24) is 0 Å². The van der Waals surface area contributed by atoms with Gasteiger partial charge in [-0.3, -0.25) is 37.3 Å². The number of ether oxygens (including phenoxy) is 4. The van der Waals surface area contributed by atoms with Crippen molar-refractivity contribution in [1.29, 1.82) is 0 Å². The first-order valence-corrected chi connectivity index (χ1v) is 37.2. The predicted molar refractivity (Wildman–Crippen MR) is 340 cm³/mol. The fraction of sp³-hybridized carbons (Fsp3) is 0.939. The topological polar surface area (TPSA) is 237 Å². The van der Waals surface area contributed by atoms with Crippen molar-refractivity contribution in [2.45, 2.75) is 337 Å². The Labute approximate surface area is 517 Å². The van der Waals surface area contributed by atoms with Gasteiger partial charge in [-0.1, -0.05) is 267 Å². The number of esters is 4. The monoisotopic (exact) mass is 1250 g/mol. The number of carbonyl (C=O) groups is 4. The first-order valence-electron chi connectivity index (χ1n) is 34.2. The number of phosphoric acid groups is 2. The van der Waals surface area contributed by atoms with E-state index in [0.717, 1.165) is 114 Å². The van der Waals surface area contributed by atoms with Crippen molar-refractivity contribution in [2.75, 3.05) is 39.6 Å². The van der Waals surface area contributed by atoms with Gasteiger partial charge < -0.3 is 33.8 Å². The SMILES string of the molecule is CC(C)CCCCCCCCCCCC(=O)OC[C@H](COP(=O)(O)OCC(O)COP(=O)(O)OC[C@@H](COC(=O)CCCCCCCCCCC(C)C)OC(=O)CCCCCCCCCCC(C)C)OC(=O)CCCCCCCCCCC(C)C. The minimum Gasteiger partial charge on any atom is -0.462 e. The molecule has 0 fully saturated rings. The summed E-state index contributed by atoms with van der Waals surface area (Å²) in [4.78, 5) is 72.3. The lowest BCUT2D eigenvalue weighted by molar-refractivity contribution is -0.161. The molecule has 0 aliphatic rings. The van der Waals surface area contributed by atoms with Gasteiger partial charge in [0.15, 0.2) is 12.2 Å². The first-order chi connectivity index (χ1) is 40.6. The number of hydrogen-bond acceptors (Lipinski definition) is 15. The van der Waals surface area contributed by atoms with Crippen LogP contribution in [0, 0.1) is 23.7 Å². The van der Waals surface area contributed by atoms with Crippen LogP contribution in [0.2, 0.25) is 0 Å². The minimum atomic E-state index is -4.95. The third kappa shape index (κ3) is 60.7. The summed E-state index contributed by atoms with van der Waals surface area (Å²) in [5.41, 5.74) is 0. The molecule has 5 atom stereocenters. The largest absolute Gasteiger partial charge is 0.472 e. The molecular weight excluding hydrogens is 1130 g/mol. The maximum atomic E-state index is 13.0. The van der Waals surface area contributed by atoms with Crippen LogP contribution in [0.15, 0.2) is 0 Å². The summed E-state index contributed by atoms with van der Waals surface area (Å²) in [6.45, 7) is 14.0. The smallest absolute Gasteiger partial charge is 0.462 e. The van der Waals surface area contributed by atoms with Crippen LogP contribution in [0.25, 0.3) is 0 Å². The molecule has 0 aromatic rings. The molecule has 0 aromatic heterocycles. The van der Waals surface area contributed by atoms with Crippen LogP contribution in [-0.4, -0.2) is 96.7 Å². The molecule has 504 valence electrons. The summed E-state index contributed by atoms with van der Waals surface area (Å²) < 4.78 is 68.1. The molecule has 0 radical (unpaired) electrons. The van der Waals surface area contributed by atoms with E-state index < -0.39 is 97.5 Å². The van der Waals surface area contributed by atoms with Crippen LogP contribution in [0.5, 0.6) is 0 Å². The lowest BCUT2D eigenvalue weighted by Gasteiger charge is -2.21. The Morgan fingerprint density at radius 2 is 0.494 bits per heavy atom. The Hall–Kier alpha value is -1.94. The van der Waals surface area contributed by atoms with E-state index in [0.29, 0.717) is 25.7 Å². The van der Waals surface area contributed by atoms with Crippen LogP contribution < -0.4 is 0 Å². The summed E-state index contributed by atoms with van der Waals surface area (Å²) >= 11 is 0. The van der Waals surface area contributed by atoms with Crippen molar-refractivity contribution in [3.05, 3.63) is 0 Å². The Balaban J connectivity index is 5.26. The Kier molecular flexibility index (Phi) is 54.8. The molecule has 0 heterocycles. The summed E-state index contributed by atoms with van der Waals surface area (Å²) in [5.74, 6) is 0.768. The summed E-state index contributed by atoms with van der Waals surface area (Å²) in [7, 11) is -9.89. The van der Waals surface area contributed by atoms with Crippen LogP contribution >= 0.6 is 15.6 Å². The number of rotatable bonds is 63. The van der Waals surface area contributed by atoms with E-state index >= 15 is 0 Å². The standard InChI is InChI=1S/C66H128O17P2/c1-56(2)42-34-26-18-10-9-11-22-30-38-46-63(68)76-52-61(82-65(70)48-40-32-24-16-13-20-28-36-44-58(5)6)54-80-84(72,73)78-50-60(67)51-79-85(74,75)81-55-62(83-66(71)49-41-33-25-17-14-21-29-37-45-59(7)8)53-77-64(69)47-39-31-23-15-12-19-27-35-43-57(3)4/h56-62,67H,9-55H2,1-8H3,(H,72,73)(H,74,75)/t60?,61-,62-/m1/s1. The van der Waals surface area contributed by atoms with Crippen molar-refractivity contribution in [2.24, 2.45) is 23.7 Å². The van der Waals surface area contributed by atoms with Crippen LogP contribution in [0.3, 0.4) is 0 Å². The summed E-state index contributed by atoms with van der Waals surface area (Å²) in [5, 5.41) is 10.6. The van der Waals surface area contributed by atoms with E-state index in [1.807, 2.05) is 0 Å². The summed E-state index contributed by atoms with van der Waals surface area (Å²) in [6.07, 6.45) is 36.3. The van der Waals surface area contributed by atoms with Gasteiger partial charge in [-0.05, 0) is 49.4 Å². The maximum Gasteiger partial charge on any atom is 0.472 e. The third-order valence-corrected chi connectivity index (χ3v) is 17.0. The van der Waals surface area contributed by atoms with Gasteiger partial charge in [-0.2, -0.15) is 0 Å². The molecule has 0 saturated carbocycles. The van der Waals surface area contributed by atoms with E-state index in [2.05, 4.69) is 55.4 Å². The predicted octanol–water partition coefficient (Wildman–Crippen LogP) is 18.1. The molecule has 0 saturated heterocycles. The molecule has 0 spiro atoms. The van der Waals surface area contributed by atoms with Crippen molar-refractivity contribution < 1.29 is 80.2 Å².